The molecule has 0 saturated carbocycles. The van der Waals surface area contributed by atoms with Gasteiger partial charge in [-0.1, -0.05) is 26.0 Å². The van der Waals surface area contributed by atoms with Crippen LogP contribution in [0.3, 0.4) is 0 Å². The lowest BCUT2D eigenvalue weighted by atomic mass is 9.85. The van der Waals surface area contributed by atoms with Crippen LogP contribution < -0.4 is 5.73 Å². The molecule has 0 fully saturated rings. The fraction of sp³-hybridized carbons (Fsp3) is 0.538. The third-order valence-electron chi connectivity index (χ3n) is 3.52. The molecule has 0 unspecified atom stereocenters. The summed E-state index contributed by atoms with van der Waals surface area (Å²) >= 11 is 0. The van der Waals surface area contributed by atoms with Gasteiger partial charge in [0.15, 0.2) is 0 Å². The quantitative estimate of drug-likeness (QED) is 0.667. The molecule has 0 bridgehead atoms. The van der Waals surface area contributed by atoms with E-state index in [2.05, 4.69) is 39.8 Å². The summed E-state index contributed by atoms with van der Waals surface area (Å²) in [5.41, 5.74) is 11.9. The van der Waals surface area contributed by atoms with Crippen molar-refractivity contribution in [3.63, 3.8) is 0 Å². The van der Waals surface area contributed by atoms with Crippen molar-refractivity contribution in [3.05, 3.63) is 34.4 Å². The first kappa shape index (κ1) is 9.72. The Labute approximate surface area is 86.3 Å². The summed E-state index contributed by atoms with van der Waals surface area (Å²) in [5.74, 6) is 0. The maximum absolute atomic E-state index is 6.14. The number of rotatable bonds is 0. The van der Waals surface area contributed by atoms with Crippen LogP contribution in [-0.2, 0) is 5.41 Å². The van der Waals surface area contributed by atoms with Crippen molar-refractivity contribution >= 4 is 0 Å². The van der Waals surface area contributed by atoms with Crippen LogP contribution >= 0.6 is 0 Å². The van der Waals surface area contributed by atoms with Gasteiger partial charge >= 0.3 is 0 Å². The third-order valence-corrected chi connectivity index (χ3v) is 3.52. The van der Waals surface area contributed by atoms with Crippen molar-refractivity contribution in [1.82, 2.24) is 0 Å². The fourth-order valence-corrected chi connectivity index (χ4v) is 2.50. The summed E-state index contributed by atoms with van der Waals surface area (Å²) in [6.45, 7) is 8.91. The van der Waals surface area contributed by atoms with Gasteiger partial charge in [-0.15, -0.1) is 0 Å². The van der Waals surface area contributed by atoms with Crippen LogP contribution in [0.15, 0.2) is 12.1 Å². The van der Waals surface area contributed by atoms with Gasteiger partial charge in [0, 0.05) is 6.04 Å². The predicted molar refractivity (Wildman–Crippen MR) is 60.5 cm³/mol. The van der Waals surface area contributed by atoms with Crippen molar-refractivity contribution in [2.75, 3.05) is 0 Å². The number of hydrogen-bond acceptors (Lipinski definition) is 1. The Kier molecular flexibility index (Phi) is 1.97. The lowest BCUT2D eigenvalue weighted by molar-refractivity contribution is 0.481. The van der Waals surface area contributed by atoms with E-state index in [-0.39, 0.29) is 11.5 Å². The normalized spacial score (nSPS) is 23.6. The molecule has 2 N–H and O–H groups in total. The summed E-state index contributed by atoms with van der Waals surface area (Å²) in [7, 11) is 0. The first-order chi connectivity index (χ1) is 6.42. The molecule has 1 nitrogen and oxygen atoms in total. The molecule has 1 aliphatic carbocycles. The molecule has 0 heterocycles. The van der Waals surface area contributed by atoms with E-state index in [1.165, 1.54) is 22.3 Å². The fourth-order valence-electron chi connectivity index (χ4n) is 2.50. The molecule has 0 aromatic heterocycles. The SMILES string of the molecule is Cc1cc2c(cc1C)C(C)(C)C[C@H]2N. The average Bonchev–Trinajstić information content (AvgIpc) is 2.26. The number of nitrogens with two attached hydrogens (primary N) is 1. The Hall–Kier alpha value is -0.820. The number of benzene rings is 1. The first-order valence-corrected chi connectivity index (χ1v) is 5.29. The summed E-state index contributed by atoms with van der Waals surface area (Å²) < 4.78 is 0. The lowest BCUT2D eigenvalue weighted by Gasteiger charge is -2.19. The second-order valence-corrected chi connectivity index (χ2v) is 5.22. The average molecular weight is 189 g/mol. The Bertz CT molecular complexity index is 377. The molecular formula is C13H19N. The van der Waals surface area contributed by atoms with E-state index >= 15 is 0 Å². The summed E-state index contributed by atoms with van der Waals surface area (Å²) in [6.07, 6.45) is 1.07. The van der Waals surface area contributed by atoms with Crippen LogP contribution in [0.4, 0.5) is 0 Å². The van der Waals surface area contributed by atoms with Gasteiger partial charge in [0.25, 0.3) is 0 Å². The van der Waals surface area contributed by atoms with Crippen molar-refractivity contribution in [2.45, 2.75) is 45.6 Å². The van der Waals surface area contributed by atoms with Gasteiger partial charge in [0.2, 0.25) is 0 Å². The zero-order valence-electron chi connectivity index (χ0n) is 9.52. The Morgan fingerprint density at radius 2 is 1.79 bits per heavy atom. The summed E-state index contributed by atoms with van der Waals surface area (Å²) in [5, 5.41) is 0. The molecule has 1 aliphatic rings. The molecule has 0 radical (unpaired) electrons. The smallest absolute Gasteiger partial charge is 0.0306 e. The predicted octanol–water partition coefficient (Wildman–Crippen LogP) is 2.98. The van der Waals surface area contributed by atoms with Crippen LogP contribution in [0.2, 0.25) is 0 Å². The highest BCUT2D eigenvalue weighted by molar-refractivity contribution is 5.46. The van der Waals surface area contributed by atoms with Crippen LogP contribution in [0.1, 0.15) is 48.6 Å². The van der Waals surface area contributed by atoms with Gasteiger partial charge in [-0.05, 0) is 47.9 Å². The molecule has 1 aromatic rings. The maximum atomic E-state index is 6.14. The second-order valence-electron chi connectivity index (χ2n) is 5.22. The monoisotopic (exact) mass is 189 g/mol. The highest BCUT2D eigenvalue weighted by atomic mass is 14.7. The molecule has 76 valence electrons. The van der Waals surface area contributed by atoms with E-state index < -0.39 is 0 Å². The van der Waals surface area contributed by atoms with E-state index in [0.717, 1.165) is 6.42 Å². The molecule has 1 heteroatoms. The van der Waals surface area contributed by atoms with Gasteiger partial charge in [0.1, 0.15) is 0 Å². The van der Waals surface area contributed by atoms with Crippen LogP contribution in [0.25, 0.3) is 0 Å². The van der Waals surface area contributed by atoms with Crippen molar-refractivity contribution in [3.8, 4) is 0 Å². The van der Waals surface area contributed by atoms with E-state index in [0.29, 0.717) is 0 Å². The molecule has 0 aliphatic heterocycles. The minimum absolute atomic E-state index is 0.235. The minimum Gasteiger partial charge on any atom is -0.324 e. The van der Waals surface area contributed by atoms with Gasteiger partial charge in [0.05, 0.1) is 0 Å². The largest absolute Gasteiger partial charge is 0.324 e. The zero-order chi connectivity index (χ0) is 10.5. The van der Waals surface area contributed by atoms with Crippen LogP contribution in [0.5, 0.6) is 0 Å². The highest BCUT2D eigenvalue weighted by Gasteiger charge is 2.35. The molecule has 2 rings (SSSR count). The second kappa shape index (κ2) is 2.83. The maximum Gasteiger partial charge on any atom is 0.0306 e. The molecule has 0 amide bonds. The van der Waals surface area contributed by atoms with Gasteiger partial charge < -0.3 is 5.73 Å². The van der Waals surface area contributed by atoms with Gasteiger partial charge in [-0.2, -0.15) is 0 Å². The number of hydrogen-bond donors (Lipinski definition) is 1. The molecule has 0 saturated heterocycles. The van der Waals surface area contributed by atoms with E-state index in [9.17, 15) is 0 Å². The topological polar surface area (TPSA) is 26.0 Å². The van der Waals surface area contributed by atoms with Crippen molar-refractivity contribution in [2.24, 2.45) is 5.73 Å². The molecule has 0 spiro atoms. The van der Waals surface area contributed by atoms with E-state index in [4.69, 9.17) is 5.73 Å². The minimum atomic E-state index is 0.235. The van der Waals surface area contributed by atoms with Gasteiger partial charge in [-0.25, -0.2) is 0 Å². The number of aryl methyl sites for hydroxylation is 2. The van der Waals surface area contributed by atoms with E-state index in [1.54, 1.807) is 0 Å². The van der Waals surface area contributed by atoms with E-state index in [1.807, 2.05) is 0 Å². The highest BCUT2D eigenvalue weighted by Crippen LogP contribution is 2.44. The van der Waals surface area contributed by atoms with Crippen molar-refractivity contribution < 1.29 is 0 Å². The standard InChI is InChI=1S/C13H19N/c1-8-5-10-11(6-9(8)2)13(3,4)7-12(10)14/h5-6,12H,7,14H2,1-4H3/t12-/m1/s1. The molecule has 1 aromatic carbocycles. The Morgan fingerprint density at radius 3 is 2.43 bits per heavy atom. The number of fused-ring (bicyclic) bond motifs is 1. The van der Waals surface area contributed by atoms with Crippen LogP contribution in [-0.4, -0.2) is 0 Å². The van der Waals surface area contributed by atoms with Crippen molar-refractivity contribution in [1.29, 1.82) is 0 Å². The summed E-state index contributed by atoms with van der Waals surface area (Å²) in [6, 6.07) is 4.82. The molecule has 1 atom stereocenters. The van der Waals surface area contributed by atoms with Gasteiger partial charge in [-0.3, -0.25) is 0 Å². The molecule has 14 heavy (non-hydrogen) atoms. The first-order valence-electron chi connectivity index (χ1n) is 5.29. The Morgan fingerprint density at radius 1 is 1.21 bits per heavy atom. The zero-order valence-corrected chi connectivity index (χ0v) is 9.52. The Balaban J connectivity index is 2.64. The third kappa shape index (κ3) is 1.27. The lowest BCUT2D eigenvalue weighted by Crippen LogP contribution is -2.14. The summed E-state index contributed by atoms with van der Waals surface area (Å²) in [4.78, 5) is 0. The van der Waals surface area contributed by atoms with Crippen LogP contribution in [0, 0.1) is 13.8 Å². The molecular weight excluding hydrogens is 170 g/mol.